The number of nitrogens with zero attached hydrogens (tertiary/aromatic N) is 1. The van der Waals surface area contributed by atoms with Crippen LogP contribution in [0.1, 0.15) is 44.2 Å². The van der Waals surface area contributed by atoms with Gasteiger partial charge in [-0.05, 0) is 75.1 Å². The van der Waals surface area contributed by atoms with Gasteiger partial charge in [0.2, 0.25) is 0 Å². The number of aliphatic hydroxyl groups is 1. The van der Waals surface area contributed by atoms with Gasteiger partial charge in [0, 0.05) is 18.4 Å². The largest absolute Gasteiger partial charge is 0.390 e. The molecule has 1 aromatic rings. The normalized spacial score (nSPS) is 23.8. The molecule has 19 heavy (non-hydrogen) atoms. The minimum absolute atomic E-state index is 0.162. The summed E-state index contributed by atoms with van der Waals surface area (Å²) < 4.78 is 2.24. The zero-order valence-electron chi connectivity index (χ0n) is 11.8. The van der Waals surface area contributed by atoms with Crippen LogP contribution in [0.2, 0.25) is 0 Å². The molecule has 1 aromatic heterocycles. The van der Waals surface area contributed by atoms with Crippen LogP contribution in [0, 0.1) is 11.3 Å². The lowest BCUT2D eigenvalue weighted by Gasteiger charge is -2.43. The standard InChI is InChI=1S/C16H26N2O/c19-13-15-2-1-11-18(15)12-14-3-5-16(6-4-14)7-9-17-10-8-16/h1-2,11,14,17,19H,3-10,12-13H2. The van der Waals surface area contributed by atoms with Gasteiger partial charge in [0.15, 0.2) is 0 Å². The van der Waals surface area contributed by atoms with Crippen molar-refractivity contribution >= 4 is 0 Å². The Hall–Kier alpha value is -0.800. The van der Waals surface area contributed by atoms with Gasteiger partial charge in [-0.2, -0.15) is 0 Å². The molecule has 1 saturated carbocycles. The number of aliphatic hydroxyl groups excluding tert-OH is 1. The molecular formula is C16H26N2O. The van der Waals surface area contributed by atoms with E-state index < -0.39 is 0 Å². The summed E-state index contributed by atoms with van der Waals surface area (Å²) >= 11 is 0. The van der Waals surface area contributed by atoms with Crippen molar-refractivity contribution < 1.29 is 5.11 Å². The smallest absolute Gasteiger partial charge is 0.0832 e. The van der Waals surface area contributed by atoms with Gasteiger partial charge in [-0.25, -0.2) is 0 Å². The maximum absolute atomic E-state index is 9.31. The molecular weight excluding hydrogens is 236 g/mol. The Kier molecular flexibility index (Phi) is 3.94. The lowest BCUT2D eigenvalue weighted by molar-refractivity contribution is 0.0987. The van der Waals surface area contributed by atoms with Gasteiger partial charge in [0.25, 0.3) is 0 Å². The highest BCUT2D eigenvalue weighted by Gasteiger charge is 2.36. The second-order valence-electron chi connectivity index (χ2n) is 6.50. The van der Waals surface area contributed by atoms with Gasteiger partial charge in [-0.3, -0.25) is 0 Å². The third-order valence-electron chi connectivity index (χ3n) is 5.37. The van der Waals surface area contributed by atoms with Crippen LogP contribution in [-0.4, -0.2) is 22.8 Å². The minimum Gasteiger partial charge on any atom is -0.390 e. The summed E-state index contributed by atoms with van der Waals surface area (Å²) in [6.07, 6.45) is 10.4. The predicted octanol–water partition coefficient (Wildman–Crippen LogP) is 2.54. The Morgan fingerprint density at radius 1 is 1.21 bits per heavy atom. The highest BCUT2D eigenvalue weighted by molar-refractivity contribution is 5.06. The molecule has 1 aliphatic carbocycles. The van der Waals surface area contributed by atoms with Crippen molar-refractivity contribution in [2.45, 2.75) is 51.7 Å². The number of aromatic nitrogens is 1. The number of rotatable bonds is 3. The zero-order valence-corrected chi connectivity index (χ0v) is 11.8. The lowest BCUT2D eigenvalue weighted by Crippen LogP contribution is -2.39. The number of hydrogen-bond acceptors (Lipinski definition) is 2. The van der Waals surface area contributed by atoms with Crippen molar-refractivity contribution in [1.82, 2.24) is 9.88 Å². The average Bonchev–Trinajstić information content (AvgIpc) is 2.90. The van der Waals surface area contributed by atoms with E-state index in [1.165, 1.54) is 51.6 Å². The summed E-state index contributed by atoms with van der Waals surface area (Å²) in [5.41, 5.74) is 1.72. The molecule has 0 bridgehead atoms. The SMILES string of the molecule is OCc1cccn1CC1CCC2(CCNCC2)CC1. The highest BCUT2D eigenvalue weighted by atomic mass is 16.3. The summed E-state index contributed by atoms with van der Waals surface area (Å²) in [6.45, 7) is 3.69. The first-order valence-electron chi connectivity index (χ1n) is 7.77. The molecule has 0 radical (unpaired) electrons. The molecule has 1 aliphatic heterocycles. The van der Waals surface area contributed by atoms with Crippen LogP contribution in [0.5, 0.6) is 0 Å². The molecule has 0 unspecified atom stereocenters. The van der Waals surface area contributed by atoms with E-state index in [1.54, 1.807) is 0 Å². The van der Waals surface area contributed by atoms with E-state index in [4.69, 9.17) is 0 Å². The topological polar surface area (TPSA) is 37.2 Å². The molecule has 1 saturated heterocycles. The average molecular weight is 262 g/mol. The first-order chi connectivity index (χ1) is 9.31. The Bertz CT molecular complexity index is 397. The van der Waals surface area contributed by atoms with Gasteiger partial charge >= 0.3 is 0 Å². The third kappa shape index (κ3) is 2.87. The maximum atomic E-state index is 9.31. The highest BCUT2D eigenvalue weighted by Crippen LogP contribution is 2.45. The van der Waals surface area contributed by atoms with Crippen molar-refractivity contribution in [2.75, 3.05) is 13.1 Å². The number of piperidine rings is 1. The third-order valence-corrected chi connectivity index (χ3v) is 5.37. The fraction of sp³-hybridized carbons (Fsp3) is 0.750. The summed E-state index contributed by atoms with van der Waals surface area (Å²) in [5, 5.41) is 12.8. The number of nitrogens with one attached hydrogen (secondary N) is 1. The Labute approximate surface area is 116 Å². The van der Waals surface area contributed by atoms with Crippen molar-refractivity contribution in [3.8, 4) is 0 Å². The van der Waals surface area contributed by atoms with E-state index in [0.29, 0.717) is 5.41 Å². The van der Waals surface area contributed by atoms with Gasteiger partial charge < -0.3 is 15.0 Å². The van der Waals surface area contributed by atoms with Crippen LogP contribution < -0.4 is 5.32 Å². The van der Waals surface area contributed by atoms with E-state index in [9.17, 15) is 5.11 Å². The van der Waals surface area contributed by atoms with E-state index in [2.05, 4.69) is 16.1 Å². The molecule has 2 N–H and O–H groups in total. The summed E-state index contributed by atoms with van der Waals surface area (Å²) in [6, 6.07) is 4.07. The molecule has 1 spiro atoms. The fourth-order valence-corrected chi connectivity index (χ4v) is 3.98. The zero-order chi connectivity index (χ0) is 13.1. The fourth-order valence-electron chi connectivity index (χ4n) is 3.98. The monoisotopic (exact) mass is 262 g/mol. The molecule has 0 atom stereocenters. The van der Waals surface area contributed by atoms with E-state index in [1.807, 2.05) is 12.1 Å². The van der Waals surface area contributed by atoms with Crippen LogP contribution in [-0.2, 0) is 13.2 Å². The van der Waals surface area contributed by atoms with Crippen molar-refractivity contribution in [3.63, 3.8) is 0 Å². The summed E-state index contributed by atoms with van der Waals surface area (Å²) in [7, 11) is 0. The second kappa shape index (κ2) is 5.68. The van der Waals surface area contributed by atoms with Crippen LogP contribution >= 0.6 is 0 Å². The van der Waals surface area contributed by atoms with E-state index in [-0.39, 0.29) is 6.61 Å². The molecule has 0 amide bonds. The predicted molar refractivity (Wildman–Crippen MR) is 76.8 cm³/mol. The molecule has 2 heterocycles. The van der Waals surface area contributed by atoms with Crippen molar-refractivity contribution in [2.24, 2.45) is 11.3 Å². The minimum atomic E-state index is 0.162. The van der Waals surface area contributed by atoms with Crippen molar-refractivity contribution in [1.29, 1.82) is 0 Å². The van der Waals surface area contributed by atoms with Crippen LogP contribution in [0.4, 0.5) is 0 Å². The van der Waals surface area contributed by atoms with E-state index in [0.717, 1.165) is 18.2 Å². The van der Waals surface area contributed by atoms with Gasteiger partial charge in [-0.1, -0.05) is 0 Å². The molecule has 3 rings (SSSR count). The van der Waals surface area contributed by atoms with Crippen LogP contribution in [0.15, 0.2) is 18.3 Å². The lowest BCUT2D eigenvalue weighted by atomic mass is 9.66. The molecule has 3 nitrogen and oxygen atoms in total. The van der Waals surface area contributed by atoms with Gasteiger partial charge in [-0.15, -0.1) is 0 Å². The first-order valence-corrected chi connectivity index (χ1v) is 7.77. The molecule has 106 valence electrons. The maximum Gasteiger partial charge on any atom is 0.0832 e. The molecule has 3 heteroatoms. The quantitative estimate of drug-likeness (QED) is 0.878. The summed E-state index contributed by atoms with van der Waals surface area (Å²) in [4.78, 5) is 0. The molecule has 0 aromatic carbocycles. The molecule has 2 fully saturated rings. The first kappa shape index (κ1) is 13.2. The Balaban J connectivity index is 1.55. The van der Waals surface area contributed by atoms with E-state index >= 15 is 0 Å². The second-order valence-corrected chi connectivity index (χ2v) is 6.50. The van der Waals surface area contributed by atoms with Crippen LogP contribution in [0.25, 0.3) is 0 Å². The van der Waals surface area contributed by atoms with Gasteiger partial charge in [0.05, 0.1) is 6.61 Å². The summed E-state index contributed by atoms with van der Waals surface area (Å²) in [5.74, 6) is 0.804. The van der Waals surface area contributed by atoms with Gasteiger partial charge in [0.1, 0.15) is 0 Å². The molecule has 2 aliphatic rings. The Morgan fingerprint density at radius 3 is 2.63 bits per heavy atom. The number of hydrogen-bond donors (Lipinski definition) is 2. The van der Waals surface area contributed by atoms with Crippen LogP contribution in [0.3, 0.4) is 0 Å². The van der Waals surface area contributed by atoms with Crippen molar-refractivity contribution in [3.05, 3.63) is 24.0 Å². The Morgan fingerprint density at radius 2 is 1.95 bits per heavy atom.